The first kappa shape index (κ1) is 19.3. The van der Waals surface area contributed by atoms with Crippen molar-refractivity contribution in [3.05, 3.63) is 48.6 Å². The van der Waals surface area contributed by atoms with Crippen molar-refractivity contribution >= 4 is 0 Å². The fraction of sp³-hybridized carbons (Fsp3) is 0.556. The van der Waals surface area contributed by atoms with E-state index in [1.54, 1.807) is 6.08 Å². The van der Waals surface area contributed by atoms with Crippen LogP contribution >= 0.6 is 0 Å². The largest absolute Gasteiger partial charge is 0.103 e. The van der Waals surface area contributed by atoms with E-state index < -0.39 is 0 Å². The Morgan fingerprint density at radius 3 is 2.22 bits per heavy atom. The zero-order chi connectivity index (χ0) is 14.6. The van der Waals surface area contributed by atoms with Gasteiger partial charge < -0.3 is 0 Å². The van der Waals surface area contributed by atoms with Crippen LogP contribution in [-0.4, -0.2) is 0 Å². The molecule has 0 fully saturated rings. The molecule has 1 atom stereocenters. The van der Waals surface area contributed by atoms with E-state index in [0.717, 1.165) is 6.42 Å². The second-order valence-corrected chi connectivity index (χ2v) is 4.41. The molecule has 0 aromatic rings. The summed E-state index contributed by atoms with van der Waals surface area (Å²) in [5, 5.41) is 0. The molecule has 1 aliphatic carbocycles. The molecule has 0 N–H and O–H groups in total. The highest BCUT2D eigenvalue weighted by molar-refractivity contribution is 5.29. The van der Waals surface area contributed by atoms with Crippen molar-refractivity contribution in [2.75, 3.05) is 0 Å². The van der Waals surface area contributed by atoms with E-state index in [-0.39, 0.29) is 0 Å². The third kappa shape index (κ3) is 8.11. The Morgan fingerprint density at radius 2 is 1.89 bits per heavy atom. The molecule has 1 rings (SSSR count). The average Bonchev–Trinajstić information content (AvgIpc) is 2.41. The van der Waals surface area contributed by atoms with Gasteiger partial charge in [0.25, 0.3) is 0 Å². The van der Waals surface area contributed by atoms with E-state index in [4.69, 9.17) is 0 Å². The molecular weight excluding hydrogens is 216 g/mol. The Hall–Kier alpha value is -1.04. The van der Waals surface area contributed by atoms with E-state index in [9.17, 15) is 0 Å². The Kier molecular flexibility index (Phi) is 13.3. The quantitative estimate of drug-likeness (QED) is 0.396. The summed E-state index contributed by atoms with van der Waals surface area (Å²) in [5.41, 5.74) is 4.05. The molecule has 0 saturated carbocycles. The molecule has 0 amide bonds. The van der Waals surface area contributed by atoms with Crippen LogP contribution in [0.15, 0.2) is 48.6 Å². The molecule has 0 radical (unpaired) electrons. The van der Waals surface area contributed by atoms with Gasteiger partial charge in [-0.05, 0) is 51.0 Å². The molecule has 0 heteroatoms. The topological polar surface area (TPSA) is 0 Å². The summed E-state index contributed by atoms with van der Waals surface area (Å²) in [4.78, 5) is 0. The summed E-state index contributed by atoms with van der Waals surface area (Å²) in [5.74, 6) is 0.663. The van der Waals surface area contributed by atoms with Crippen LogP contribution in [0.25, 0.3) is 0 Å². The van der Waals surface area contributed by atoms with Crippen molar-refractivity contribution in [3.63, 3.8) is 0 Å². The number of hydrogen-bond donors (Lipinski definition) is 0. The molecule has 104 valence electrons. The van der Waals surface area contributed by atoms with Crippen LogP contribution in [0.4, 0.5) is 0 Å². The fourth-order valence-corrected chi connectivity index (χ4v) is 1.80. The first-order valence-corrected chi connectivity index (χ1v) is 7.16. The van der Waals surface area contributed by atoms with Gasteiger partial charge in [0, 0.05) is 0 Å². The zero-order valence-corrected chi connectivity index (χ0v) is 13.2. The van der Waals surface area contributed by atoms with E-state index >= 15 is 0 Å². The molecule has 1 unspecified atom stereocenters. The summed E-state index contributed by atoms with van der Waals surface area (Å²) < 4.78 is 0. The molecule has 0 saturated heterocycles. The lowest BCUT2D eigenvalue weighted by atomic mass is 9.82. The van der Waals surface area contributed by atoms with Crippen LogP contribution in [-0.2, 0) is 0 Å². The summed E-state index contributed by atoms with van der Waals surface area (Å²) in [7, 11) is 0. The van der Waals surface area contributed by atoms with Gasteiger partial charge in [-0.25, -0.2) is 0 Å². The van der Waals surface area contributed by atoms with Gasteiger partial charge in [0.1, 0.15) is 0 Å². The zero-order valence-electron chi connectivity index (χ0n) is 13.2. The minimum absolute atomic E-state index is 0.663. The van der Waals surface area contributed by atoms with Crippen LogP contribution in [0.5, 0.6) is 0 Å². The average molecular weight is 248 g/mol. The van der Waals surface area contributed by atoms with Crippen LogP contribution in [0.3, 0.4) is 0 Å². The molecule has 0 aromatic carbocycles. The SMILES string of the molecule is C=C(CC)C(=C)C1CC=C(C)CC1.C=CC.CC. The number of hydrogen-bond acceptors (Lipinski definition) is 0. The molecule has 0 heterocycles. The summed E-state index contributed by atoms with van der Waals surface area (Å²) in [6.45, 7) is 21.8. The maximum atomic E-state index is 4.15. The van der Waals surface area contributed by atoms with Crippen molar-refractivity contribution in [1.82, 2.24) is 0 Å². The van der Waals surface area contributed by atoms with Crippen LogP contribution in [0, 0.1) is 5.92 Å². The third-order valence-electron chi connectivity index (χ3n) is 3.01. The van der Waals surface area contributed by atoms with E-state index in [1.165, 1.54) is 36.0 Å². The predicted octanol–water partition coefficient (Wildman–Crippen LogP) is 6.47. The third-order valence-corrected chi connectivity index (χ3v) is 3.01. The first-order valence-electron chi connectivity index (χ1n) is 7.16. The minimum Gasteiger partial charge on any atom is -0.103 e. The molecule has 0 spiro atoms. The van der Waals surface area contributed by atoms with Gasteiger partial charge in [-0.15, -0.1) is 6.58 Å². The van der Waals surface area contributed by atoms with Gasteiger partial charge in [0.2, 0.25) is 0 Å². The lowest BCUT2D eigenvalue weighted by Gasteiger charge is -2.23. The van der Waals surface area contributed by atoms with Crippen molar-refractivity contribution in [2.24, 2.45) is 5.92 Å². The molecular formula is C18H32. The van der Waals surface area contributed by atoms with Crippen molar-refractivity contribution in [1.29, 1.82) is 0 Å². The standard InChI is InChI=1S/C13H20.C3H6.C2H6/c1-5-11(3)12(4)13-8-6-10(2)7-9-13;1-3-2;1-2/h6,13H,3-5,7-9H2,1-2H3;3H,1H2,2H3;1-2H3. The lowest BCUT2D eigenvalue weighted by Crippen LogP contribution is -2.08. The van der Waals surface area contributed by atoms with Gasteiger partial charge in [-0.3, -0.25) is 0 Å². The lowest BCUT2D eigenvalue weighted by molar-refractivity contribution is 0.543. The van der Waals surface area contributed by atoms with Gasteiger partial charge in [-0.2, -0.15) is 0 Å². The van der Waals surface area contributed by atoms with Crippen molar-refractivity contribution in [3.8, 4) is 0 Å². The Balaban J connectivity index is 0. The van der Waals surface area contributed by atoms with Gasteiger partial charge in [0.15, 0.2) is 0 Å². The minimum atomic E-state index is 0.663. The highest BCUT2D eigenvalue weighted by atomic mass is 14.2. The van der Waals surface area contributed by atoms with E-state index in [0.29, 0.717) is 5.92 Å². The second-order valence-electron chi connectivity index (χ2n) is 4.41. The number of allylic oxidation sites excluding steroid dienone is 5. The molecule has 18 heavy (non-hydrogen) atoms. The Morgan fingerprint density at radius 1 is 1.39 bits per heavy atom. The summed E-state index contributed by atoms with van der Waals surface area (Å²) in [6, 6.07) is 0. The fourth-order valence-electron chi connectivity index (χ4n) is 1.80. The highest BCUT2D eigenvalue weighted by Crippen LogP contribution is 2.31. The molecule has 0 aromatic heterocycles. The smallest absolute Gasteiger partial charge is 0.0128 e. The molecule has 1 aliphatic rings. The maximum absolute atomic E-state index is 4.15. The van der Waals surface area contributed by atoms with Crippen molar-refractivity contribution in [2.45, 2.75) is 60.3 Å². The second kappa shape index (κ2) is 12.4. The van der Waals surface area contributed by atoms with Gasteiger partial charge >= 0.3 is 0 Å². The van der Waals surface area contributed by atoms with Gasteiger partial charge in [-0.1, -0.05) is 57.2 Å². The van der Waals surface area contributed by atoms with E-state index in [2.05, 4.69) is 39.7 Å². The van der Waals surface area contributed by atoms with Crippen LogP contribution in [0.1, 0.15) is 60.3 Å². The highest BCUT2D eigenvalue weighted by Gasteiger charge is 2.16. The monoisotopic (exact) mass is 248 g/mol. The normalized spacial score (nSPS) is 17.2. The van der Waals surface area contributed by atoms with E-state index in [1.807, 2.05) is 20.8 Å². The summed E-state index contributed by atoms with van der Waals surface area (Å²) in [6.07, 6.45) is 8.81. The molecule has 0 bridgehead atoms. The Bertz CT molecular complexity index is 278. The first-order chi connectivity index (χ1) is 8.56. The predicted molar refractivity (Wildman–Crippen MR) is 86.9 cm³/mol. The maximum Gasteiger partial charge on any atom is -0.0128 e. The molecule has 0 nitrogen and oxygen atoms in total. The van der Waals surface area contributed by atoms with Gasteiger partial charge in [0.05, 0.1) is 0 Å². The summed E-state index contributed by atoms with van der Waals surface area (Å²) >= 11 is 0. The number of rotatable bonds is 3. The Labute approximate surface area is 115 Å². The van der Waals surface area contributed by atoms with Crippen molar-refractivity contribution < 1.29 is 0 Å². The van der Waals surface area contributed by atoms with Crippen LogP contribution in [0.2, 0.25) is 0 Å². The van der Waals surface area contributed by atoms with Crippen LogP contribution < -0.4 is 0 Å². The molecule has 0 aliphatic heterocycles.